The third-order valence-electron chi connectivity index (χ3n) is 5.22. The lowest BCUT2D eigenvalue weighted by molar-refractivity contribution is -0.140. The SMILES string of the molecule is Cc1ccccc1C1/C(=C(/O)c2ccc(Br)cc2)C(=O)C(=O)N1Cc1cccnc1. The molecule has 150 valence electrons. The number of Topliss-reactive ketones (excluding diaryl/α,β-unsaturated/α-hetero) is 1. The highest BCUT2D eigenvalue weighted by atomic mass is 79.9. The number of carbonyl (C=O) groups is 2. The van der Waals surface area contributed by atoms with Gasteiger partial charge >= 0.3 is 0 Å². The molecule has 6 heteroatoms. The van der Waals surface area contributed by atoms with Gasteiger partial charge in [0.15, 0.2) is 0 Å². The van der Waals surface area contributed by atoms with E-state index in [2.05, 4.69) is 20.9 Å². The zero-order valence-corrected chi connectivity index (χ0v) is 17.8. The molecule has 1 fully saturated rings. The van der Waals surface area contributed by atoms with E-state index in [1.165, 1.54) is 4.90 Å². The van der Waals surface area contributed by atoms with Gasteiger partial charge in [-0.25, -0.2) is 0 Å². The number of aliphatic hydroxyl groups is 1. The number of halogens is 1. The number of aromatic nitrogens is 1. The maximum Gasteiger partial charge on any atom is 0.295 e. The van der Waals surface area contributed by atoms with Crippen LogP contribution in [-0.2, 0) is 16.1 Å². The molecule has 0 aliphatic carbocycles. The Bertz CT molecular complexity index is 1140. The van der Waals surface area contributed by atoms with Gasteiger partial charge in [0.1, 0.15) is 5.76 Å². The predicted octanol–water partition coefficient (Wildman–Crippen LogP) is 4.77. The molecular weight excluding hydrogens is 444 g/mol. The number of aryl methyl sites for hydroxylation is 1. The van der Waals surface area contributed by atoms with Crippen molar-refractivity contribution >= 4 is 33.4 Å². The summed E-state index contributed by atoms with van der Waals surface area (Å²) >= 11 is 3.37. The fourth-order valence-electron chi connectivity index (χ4n) is 3.71. The number of nitrogens with zero attached hydrogens (tertiary/aromatic N) is 2. The van der Waals surface area contributed by atoms with Crippen LogP contribution in [0, 0.1) is 6.92 Å². The average molecular weight is 463 g/mol. The first kappa shape index (κ1) is 20.0. The summed E-state index contributed by atoms with van der Waals surface area (Å²) in [6.07, 6.45) is 3.33. The van der Waals surface area contributed by atoms with Gasteiger partial charge in [-0.2, -0.15) is 0 Å². The minimum atomic E-state index is -0.687. The number of amides is 1. The van der Waals surface area contributed by atoms with Crippen molar-refractivity contribution in [2.24, 2.45) is 0 Å². The van der Waals surface area contributed by atoms with Crippen LogP contribution >= 0.6 is 15.9 Å². The van der Waals surface area contributed by atoms with Gasteiger partial charge in [-0.1, -0.05) is 58.4 Å². The molecular formula is C24H19BrN2O3. The van der Waals surface area contributed by atoms with Gasteiger partial charge in [-0.15, -0.1) is 0 Å². The number of carbonyl (C=O) groups excluding carboxylic acids is 2. The van der Waals surface area contributed by atoms with Gasteiger partial charge in [0.05, 0.1) is 11.6 Å². The summed E-state index contributed by atoms with van der Waals surface area (Å²) in [6.45, 7) is 2.15. The van der Waals surface area contributed by atoms with Crippen molar-refractivity contribution in [3.63, 3.8) is 0 Å². The van der Waals surface area contributed by atoms with E-state index in [0.717, 1.165) is 21.2 Å². The van der Waals surface area contributed by atoms with Gasteiger partial charge < -0.3 is 10.0 Å². The highest BCUT2D eigenvalue weighted by Gasteiger charge is 2.46. The number of pyridine rings is 1. The fraction of sp³-hybridized carbons (Fsp3) is 0.125. The van der Waals surface area contributed by atoms with Crippen molar-refractivity contribution in [1.29, 1.82) is 0 Å². The molecule has 1 aliphatic heterocycles. The Morgan fingerprint density at radius 2 is 1.80 bits per heavy atom. The lowest BCUT2D eigenvalue weighted by Gasteiger charge is -2.26. The van der Waals surface area contributed by atoms with Crippen LogP contribution in [0.4, 0.5) is 0 Å². The Kier molecular flexibility index (Phi) is 5.50. The largest absolute Gasteiger partial charge is 0.507 e. The normalized spacial score (nSPS) is 18.1. The van der Waals surface area contributed by atoms with Gasteiger partial charge in [0.2, 0.25) is 0 Å². The molecule has 1 saturated heterocycles. The van der Waals surface area contributed by atoms with Crippen LogP contribution in [0.5, 0.6) is 0 Å². The molecule has 0 saturated carbocycles. The molecule has 0 radical (unpaired) electrons. The van der Waals surface area contributed by atoms with Crippen molar-refractivity contribution in [2.45, 2.75) is 19.5 Å². The van der Waals surface area contributed by atoms with Gasteiger partial charge in [0, 0.05) is 29.0 Å². The number of likely N-dealkylation sites (tertiary alicyclic amines) is 1. The molecule has 0 bridgehead atoms. The summed E-state index contributed by atoms with van der Waals surface area (Å²) in [5.41, 5.74) is 3.12. The van der Waals surface area contributed by atoms with E-state index < -0.39 is 17.7 Å². The van der Waals surface area contributed by atoms with Gasteiger partial charge in [0.25, 0.3) is 11.7 Å². The van der Waals surface area contributed by atoms with Crippen LogP contribution in [0.3, 0.4) is 0 Å². The van der Waals surface area contributed by atoms with Crippen LogP contribution in [0.25, 0.3) is 5.76 Å². The summed E-state index contributed by atoms with van der Waals surface area (Å²) in [5, 5.41) is 11.1. The molecule has 1 aliphatic rings. The van der Waals surface area contributed by atoms with E-state index >= 15 is 0 Å². The van der Waals surface area contributed by atoms with E-state index in [0.29, 0.717) is 5.56 Å². The molecule has 1 aromatic heterocycles. The highest BCUT2D eigenvalue weighted by molar-refractivity contribution is 9.10. The lowest BCUT2D eigenvalue weighted by atomic mass is 9.92. The number of hydrogen-bond donors (Lipinski definition) is 1. The van der Waals surface area contributed by atoms with E-state index in [-0.39, 0.29) is 17.9 Å². The summed E-state index contributed by atoms with van der Waals surface area (Å²) in [4.78, 5) is 31.7. The van der Waals surface area contributed by atoms with Crippen molar-refractivity contribution in [1.82, 2.24) is 9.88 Å². The second-order valence-corrected chi connectivity index (χ2v) is 8.07. The molecule has 1 unspecified atom stereocenters. The maximum absolute atomic E-state index is 13.0. The number of aliphatic hydroxyl groups excluding tert-OH is 1. The number of ketones is 1. The topological polar surface area (TPSA) is 70.5 Å². The Morgan fingerprint density at radius 1 is 1.07 bits per heavy atom. The van der Waals surface area contributed by atoms with E-state index in [9.17, 15) is 14.7 Å². The minimum absolute atomic E-state index is 0.0977. The van der Waals surface area contributed by atoms with Gasteiger partial charge in [-0.05, 0) is 41.8 Å². The first-order chi connectivity index (χ1) is 14.5. The molecule has 3 aromatic rings. The van der Waals surface area contributed by atoms with Crippen LogP contribution in [-0.4, -0.2) is 26.7 Å². The standard InChI is InChI=1S/C24H19BrN2O3/c1-15-5-2-3-7-19(15)21-20(22(28)17-8-10-18(25)11-9-17)23(29)24(30)27(21)14-16-6-4-12-26-13-16/h2-13,21,28H,14H2,1H3/b22-20-. The second-order valence-electron chi connectivity index (χ2n) is 7.15. The smallest absolute Gasteiger partial charge is 0.295 e. The Balaban J connectivity index is 1.88. The molecule has 4 rings (SSSR count). The van der Waals surface area contributed by atoms with Crippen LogP contribution in [0.1, 0.15) is 28.3 Å². The molecule has 1 amide bonds. The molecule has 1 N–H and O–H groups in total. The van der Waals surface area contributed by atoms with Gasteiger partial charge in [-0.3, -0.25) is 14.6 Å². The molecule has 2 aromatic carbocycles. The second kappa shape index (κ2) is 8.24. The van der Waals surface area contributed by atoms with Crippen molar-refractivity contribution < 1.29 is 14.7 Å². The third-order valence-corrected chi connectivity index (χ3v) is 5.75. The molecule has 0 spiro atoms. The number of rotatable bonds is 4. The molecule has 1 atom stereocenters. The van der Waals surface area contributed by atoms with E-state index in [1.54, 1.807) is 42.7 Å². The lowest BCUT2D eigenvalue weighted by Crippen LogP contribution is -2.29. The Hall–Kier alpha value is -3.25. The summed E-state index contributed by atoms with van der Waals surface area (Å²) in [5.74, 6) is -1.50. The third kappa shape index (κ3) is 3.66. The summed E-state index contributed by atoms with van der Waals surface area (Å²) in [6, 6.07) is 17.5. The van der Waals surface area contributed by atoms with E-state index in [1.807, 2.05) is 37.3 Å². The highest BCUT2D eigenvalue weighted by Crippen LogP contribution is 2.41. The van der Waals surface area contributed by atoms with Crippen molar-refractivity contribution in [2.75, 3.05) is 0 Å². The van der Waals surface area contributed by atoms with E-state index in [4.69, 9.17) is 0 Å². The van der Waals surface area contributed by atoms with Crippen LogP contribution in [0.2, 0.25) is 0 Å². The Morgan fingerprint density at radius 3 is 2.47 bits per heavy atom. The van der Waals surface area contributed by atoms with Crippen molar-refractivity contribution in [3.8, 4) is 0 Å². The van der Waals surface area contributed by atoms with Crippen molar-refractivity contribution in [3.05, 3.63) is 105 Å². The maximum atomic E-state index is 13.0. The first-order valence-corrected chi connectivity index (χ1v) is 10.3. The fourth-order valence-corrected chi connectivity index (χ4v) is 3.98. The predicted molar refractivity (Wildman–Crippen MR) is 117 cm³/mol. The average Bonchev–Trinajstić information content (AvgIpc) is 3.00. The monoisotopic (exact) mass is 462 g/mol. The molecule has 2 heterocycles. The Labute approximate surface area is 182 Å². The summed E-state index contributed by atoms with van der Waals surface area (Å²) in [7, 11) is 0. The number of benzene rings is 2. The first-order valence-electron chi connectivity index (χ1n) is 9.46. The quantitative estimate of drug-likeness (QED) is 0.344. The molecule has 5 nitrogen and oxygen atoms in total. The minimum Gasteiger partial charge on any atom is -0.507 e. The van der Waals surface area contributed by atoms with Crippen LogP contribution < -0.4 is 0 Å². The zero-order valence-electron chi connectivity index (χ0n) is 16.2. The zero-order chi connectivity index (χ0) is 21.3. The summed E-state index contributed by atoms with van der Waals surface area (Å²) < 4.78 is 0.853. The molecule has 30 heavy (non-hydrogen) atoms. The van der Waals surface area contributed by atoms with Crippen LogP contribution in [0.15, 0.2) is 83.1 Å². The number of hydrogen-bond acceptors (Lipinski definition) is 4.